The molecule has 156 valence electrons. The van der Waals surface area contributed by atoms with Crippen LogP contribution in [0.2, 0.25) is 0 Å². The minimum absolute atomic E-state index is 0.0795. The molecule has 1 atom stereocenters. The normalized spacial score (nSPS) is 24.0. The zero-order chi connectivity index (χ0) is 20.7. The van der Waals surface area contributed by atoms with E-state index in [4.69, 9.17) is 4.42 Å². The Morgan fingerprint density at radius 2 is 1.90 bits per heavy atom. The van der Waals surface area contributed by atoms with Crippen LogP contribution in [0.4, 0.5) is 5.69 Å². The van der Waals surface area contributed by atoms with E-state index in [-0.39, 0.29) is 43.1 Å². The molecule has 1 aliphatic carbocycles. The standard InChI is InChI=1S/C23H25N3O4/c27-20-12-13-23(22(29)24-16-7-2-1-3-8-16)25(15-17-9-6-14-30-17)21(28)18-10-4-5-11-19(18)26(20)23/h4-6,9-11,14,16H,1-3,7-8,12-13,15H2,(H,24,29)/t23-/m1/s1. The average Bonchev–Trinajstić information content (AvgIpc) is 3.40. The predicted octanol–water partition coefficient (Wildman–Crippen LogP) is 3.21. The summed E-state index contributed by atoms with van der Waals surface area (Å²) in [7, 11) is 0. The van der Waals surface area contributed by atoms with Gasteiger partial charge in [0.2, 0.25) is 11.6 Å². The summed E-state index contributed by atoms with van der Waals surface area (Å²) in [6.07, 6.45) is 7.23. The van der Waals surface area contributed by atoms with Gasteiger partial charge in [0.05, 0.1) is 24.1 Å². The monoisotopic (exact) mass is 407 g/mol. The van der Waals surface area contributed by atoms with Gasteiger partial charge in [0.15, 0.2) is 0 Å². The number of nitrogens with zero attached hydrogens (tertiary/aromatic N) is 2. The van der Waals surface area contributed by atoms with Crippen LogP contribution in [-0.2, 0) is 16.1 Å². The number of carbonyl (C=O) groups is 3. The predicted molar refractivity (Wildman–Crippen MR) is 109 cm³/mol. The number of furan rings is 1. The van der Waals surface area contributed by atoms with Gasteiger partial charge in [-0.25, -0.2) is 0 Å². The van der Waals surface area contributed by atoms with E-state index in [2.05, 4.69) is 5.32 Å². The summed E-state index contributed by atoms with van der Waals surface area (Å²) in [5, 5.41) is 3.17. The molecule has 5 rings (SSSR count). The van der Waals surface area contributed by atoms with E-state index in [0.29, 0.717) is 17.0 Å². The first kappa shape index (κ1) is 18.9. The second-order valence-corrected chi connectivity index (χ2v) is 8.34. The molecule has 1 aromatic carbocycles. The molecule has 30 heavy (non-hydrogen) atoms. The summed E-state index contributed by atoms with van der Waals surface area (Å²) in [6.45, 7) is 0.127. The number of fused-ring (bicyclic) bond motifs is 3. The third kappa shape index (κ3) is 2.83. The van der Waals surface area contributed by atoms with Gasteiger partial charge in [-0.15, -0.1) is 0 Å². The largest absolute Gasteiger partial charge is 0.467 e. The van der Waals surface area contributed by atoms with Crippen LogP contribution in [0.5, 0.6) is 0 Å². The number of hydrogen-bond acceptors (Lipinski definition) is 4. The van der Waals surface area contributed by atoms with Crippen molar-refractivity contribution in [1.82, 2.24) is 10.2 Å². The number of para-hydroxylation sites is 1. The lowest BCUT2D eigenvalue weighted by Crippen LogP contribution is -2.70. The van der Waals surface area contributed by atoms with Crippen LogP contribution in [0.25, 0.3) is 0 Å². The fourth-order valence-electron chi connectivity index (χ4n) is 5.11. The van der Waals surface area contributed by atoms with E-state index < -0.39 is 5.66 Å². The van der Waals surface area contributed by atoms with Crippen molar-refractivity contribution in [3.05, 3.63) is 54.0 Å². The van der Waals surface area contributed by atoms with Crippen molar-refractivity contribution in [3.63, 3.8) is 0 Å². The second kappa shape index (κ2) is 7.31. The van der Waals surface area contributed by atoms with Crippen LogP contribution >= 0.6 is 0 Å². The van der Waals surface area contributed by atoms with E-state index in [9.17, 15) is 14.4 Å². The highest BCUT2D eigenvalue weighted by Crippen LogP contribution is 2.45. The highest BCUT2D eigenvalue weighted by atomic mass is 16.3. The summed E-state index contributed by atoms with van der Waals surface area (Å²) < 4.78 is 5.49. The van der Waals surface area contributed by atoms with Gasteiger partial charge in [0, 0.05) is 18.9 Å². The third-order valence-electron chi connectivity index (χ3n) is 6.57. The first-order valence-corrected chi connectivity index (χ1v) is 10.7. The van der Waals surface area contributed by atoms with Crippen LogP contribution in [-0.4, -0.2) is 34.3 Å². The van der Waals surface area contributed by atoms with Gasteiger partial charge in [0.1, 0.15) is 5.76 Å². The molecule has 1 N–H and O–H groups in total. The molecular formula is C23H25N3O4. The zero-order valence-electron chi connectivity index (χ0n) is 16.8. The molecule has 3 heterocycles. The first-order chi connectivity index (χ1) is 14.6. The zero-order valence-corrected chi connectivity index (χ0v) is 16.8. The molecule has 0 unspecified atom stereocenters. The Kier molecular flexibility index (Phi) is 4.60. The van der Waals surface area contributed by atoms with Gasteiger partial charge >= 0.3 is 0 Å². The lowest BCUT2D eigenvalue weighted by molar-refractivity contribution is -0.135. The Morgan fingerprint density at radius 3 is 2.67 bits per heavy atom. The molecule has 3 amide bonds. The van der Waals surface area contributed by atoms with Crippen LogP contribution in [0, 0.1) is 0 Å². The van der Waals surface area contributed by atoms with Crippen molar-refractivity contribution in [2.24, 2.45) is 0 Å². The molecule has 7 heteroatoms. The minimum atomic E-state index is -1.37. The number of carbonyl (C=O) groups excluding carboxylic acids is 3. The molecule has 3 aliphatic rings. The van der Waals surface area contributed by atoms with E-state index in [0.717, 1.165) is 25.7 Å². The Labute approximate surface area is 175 Å². The fraction of sp³-hybridized carbons (Fsp3) is 0.435. The summed E-state index contributed by atoms with van der Waals surface area (Å²) in [5.41, 5.74) is -0.424. The van der Waals surface area contributed by atoms with E-state index in [1.807, 2.05) is 0 Å². The number of benzene rings is 1. The maximum atomic E-state index is 13.8. The molecule has 0 bridgehead atoms. The lowest BCUT2D eigenvalue weighted by Gasteiger charge is -2.49. The van der Waals surface area contributed by atoms with E-state index in [1.54, 1.807) is 47.6 Å². The molecule has 1 aromatic heterocycles. The molecule has 2 fully saturated rings. The number of anilines is 1. The molecule has 0 spiro atoms. The van der Waals surface area contributed by atoms with Crippen LogP contribution < -0.4 is 10.2 Å². The number of hydrogen-bond donors (Lipinski definition) is 1. The van der Waals surface area contributed by atoms with Crippen molar-refractivity contribution in [3.8, 4) is 0 Å². The topological polar surface area (TPSA) is 82.9 Å². The number of rotatable bonds is 4. The Hall–Kier alpha value is -3.09. The van der Waals surface area contributed by atoms with Crippen molar-refractivity contribution in [1.29, 1.82) is 0 Å². The van der Waals surface area contributed by atoms with Gasteiger partial charge in [-0.2, -0.15) is 0 Å². The van der Waals surface area contributed by atoms with E-state index >= 15 is 0 Å². The van der Waals surface area contributed by atoms with Crippen molar-refractivity contribution in [2.45, 2.75) is 63.2 Å². The fourth-order valence-corrected chi connectivity index (χ4v) is 5.11. The van der Waals surface area contributed by atoms with Crippen LogP contribution in [0.3, 0.4) is 0 Å². The average molecular weight is 407 g/mol. The maximum absolute atomic E-state index is 13.8. The highest BCUT2D eigenvalue weighted by molar-refractivity contribution is 6.16. The first-order valence-electron chi connectivity index (χ1n) is 10.7. The molecule has 1 saturated carbocycles. The van der Waals surface area contributed by atoms with Gasteiger partial charge in [0.25, 0.3) is 11.8 Å². The quantitative estimate of drug-likeness (QED) is 0.844. The van der Waals surface area contributed by atoms with Gasteiger partial charge < -0.3 is 9.73 Å². The summed E-state index contributed by atoms with van der Waals surface area (Å²) in [6, 6.07) is 10.6. The lowest BCUT2D eigenvalue weighted by atomic mass is 9.92. The Balaban J connectivity index is 1.60. The minimum Gasteiger partial charge on any atom is -0.467 e. The number of amides is 3. The third-order valence-corrected chi connectivity index (χ3v) is 6.57. The van der Waals surface area contributed by atoms with Crippen LogP contribution in [0.1, 0.15) is 61.1 Å². The SMILES string of the molecule is O=C1c2ccccc2N2C(=O)CC[C@@]2(C(=O)NC2CCCCC2)N1Cc1ccco1. The molecular weight excluding hydrogens is 382 g/mol. The number of nitrogens with one attached hydrogen (secondary N) is 1. The Morgan fingerprint density at radius 1 is 1.10 bits per heavy atom. The van der Waals surface area contributed by atoms with Crippen molar-refractivity contribution in [2.75, 3.05) is 4.90 Å². The summed E-state index contributed by atoms with van der Waals surface area (Å²) >= 11 is 0. The van der Waals surface area contributed by atoms with Crippen LogP contribution in [0.15, 0.2) is 47.1 Å². The highest BCUT2D eigenvalue weighted by Gasteiger charge is 2.61. The molecule has 1 saturated heterocycles. The molecule has 2 aliphatic heterocycles. The second-order valence-electron chi connectivity index (χ2n) is 8.34. The van der Waals surface area contributed by atoms with Gasteiger partial charge in [-0.3, -0.25) is 24.2 Å². The van der Waals surface area contributed by atoms with Crippen molar-refractivity contribution < 1.29 is 18.8 Å². The molecule has 0 radical (unpaired) electrons. The van der Waals surface area contributed by atoms with Crippen molar-refractivity contribution >= 4 is 23.4 Å². The summed E-state index contributed by atoms with van der Waals surface area (Å²) in [5.74, 6) is -0.0912. The van der Waals surface area contributed by atoms with Gasteiger partial charge in [-0.1, -0.05) is 31.4 Å². The molecule has 7 nitrogen and oxygen atoms in total. The van der Waals surface area contributed by atoms with E-state index in [1.165, 1.54) is 11.3 Å². The molecule has 2 aromatic rings. The smallest absolute Gasteiger partial charge is 0.267 e. The Bertz CT molecular complexity index is 980. The maximum Gasteiger partial charge on any atom is 0.267 e. The van der Waals surface area contributed by atoms with Gasteiger partial charge in [-0.05, 0) is 37.1 Å². The summed E-state index contributed by atoms with van der Waals surface area (Å²) in [4.78, 5) is 43.4.